The topological polar surface area (TPSA) is 20.2 Å². The molecule has 91 valence electrons. The second-order valence-corrected chi connectivity index (χ2v) is 6.44. The molecule has 2 aliphatic rings. The summed E-state index contributed by atoms with van der Waals surface area (Å²) in [6, 6.07) is 0. The predicted octanol–water partition coefficient (Wildman–Crippen LogP) is 3.66. The van der Waals surface area contributed by atoms with Crippen LogP contribution in [0.4, 0.5) is 0 Å². The van der Waals surface area contributed by atoms with Crippen LogP contribution in [0.5, 0.6) is 0 Å². The minimum atomic E-state index is -0.597. The number of hydrogen-bond acceptors (Lipinski definition) is 1. The zero-order valence-corrected chi connectivity index (χ0v) is 11.2. The van der Waals surface area contributed by atoms with E-state index in [0.29, 0.717) is 5.51 Å². The molecule has 2 aliphatic carbocycles. The fourth-order valence-electron chi connectivity index (χ4n) is 1.44. The van der Waals surface area contributed by atoms with Crippen LogP contribution < -0.4 is 0 Å². The molecule has 0 unspecified atom stereocenters. The molecule has 0 amide bonds. The molecule has 1 nitrogen and oxygen atoms in total. The van der Waals surface area contributed by atoms with Crippen LogP contribution in [-0.2, 0) is 13.9 Å². The molecule has 0 aromatic carbocycles. The normalized spacial score (nSPS) is 17.8. The van der Waals surface area contributed by atoms with Gasteiger partial charge in [-0.15, -0.1) is 0 Å². The van der Waals surface area contributed by atoms with Gasteiger partial charge >= 0.3 is 82.8 Å². The van der Waals surface area contributed by atoms with Gasteiger partial charge in [0.2, 0.25) is 0 Å². The molecule has 2 heteroatoms. The Hall–Kier alpha value is -0.561. The first-order valence-corrected chi connectivity index (χ1v) is 7.65. The summed E-state index contributed by atoms with van der Waals surface area (Å²) in [5, 5.41) is 9.35. The van der Waals surface area contributed by atoms with Crippen molar-refractivity contribution in [3.8, 4) is 0 Å². The van der Waals surface area contributed by atoms with E-state index in [4.69, 9.17) is 0 Å². The zero-order chi connectivity index (χ0) is 11.8. The van der Waals surface area contributed by atoms with Gasteiger partial charge in [0.15, 0.2) is 0 Å². The molecule has 1 N–H and O–H groups in total. The summed E-state index contributed by atoms with van der Waals surface area (Å²) >= 11 is -0.597. The fraction of sp³-hybridized carbons (Fsp3) is 0.429. The molecular weight excluding hydrogens is 240 g/mol. The van der Waals surface area contributed by atoms with Crippen LogP contribution in [-0.4, -0.2) is 10.6 Å². The van der Waals surface area contributed by atoms with Gasteiger partial charge in [0.05, 0.1) is 0 Å². The van der Waals surface area contributed by atoms with Crippen molar-refractivity contribution >= 4 is 0 Å². The number of aliphatic hydroxyl groups is 1. The molecule has 2 rings (SSSR count). The van der Waals surface area contributed by atoms with Gasteiger partial charge in [0.25, 0.3) is 0 Å². The third-order valence-electron chi connectivity index (χ3n) is 2.09. The summed E-state index contributed by atoms with van der Waals surface area (Å²) in [5.41, 5.74) is 0.320. The first kappa shape index (κ1) is 13.5. The monoisotopic (exact) mass is 261 g/mol. The van der Waals surface area contributed by atoms with E-state index < -0.39 is 13.9 Å². The number of aliphatic hydroxyl groups excluding tert-OH is 1. The second-order valence-electron chi connectivity index (χ2n) is 3.62. The van der Waals surface area contributed by atoms with E-state index >= 15 is 0 Å². The summed E-state index contributed by atoms with van der Waals surface area (Å²) in [6.45, 7) is 4.25. The van der Waals surface area contributed by atoms with Crippen molar-refractivity contribution < 1.29 is 19.0 Å². The molecule has 0 bridgehead atoms. The summed E-state index contributed by atoms with van der Waals surface area (Å²) in [7, 11) is 0. The maximum absolute atomic E-state index is 9.35. The van der Waals surface area contributed by atoms with Crippen molar-refractivity contribution in [3.05, 3.63) is 45.4 Å². The third kappa shape index (κ3) is 3.79. The van der Waals surface area contributed by atoms with Gasteiger partial charge in [0, 0.05) is 0 Å². The Bertz CT molecular complexity index is 294. The van der Waals surface area contributed by atoms with E-state index in [-0.39, 0.29) is 0 Å². The van der Waals surface area contributed by atoms with Gasteiger partial charge < -0.3 is 0 Å². The first-order chi connectivity index (χ1) is 7.83. The van der Waals surface area contributed by atoms with Crippen molar-refractivity contribution in [2.45, 2.75) is 33.1 Å². The molecule has 0 heterocycles. The summed E-state index contributed by atoms with van der Waals surface area (Å²) in [4.78, 5) is 0. The van der Waals surface area contributed by atoms with Gasteiger partial charge in [-0.2, -0.15) is 0 Å². The average Bonchev–Trinajstić information content (AvgIpc) is 2.92. The Labute approximate surface area is 103 Å². The maximum atomic E-state index is 9.35. The van der Waals surface area contributed by atoms with E-state index in [1.54, 1.807) is 0 Å². The number of hydrogen-bond donors (Lipinski definition) is 1. The third-order valence-corrected chi connectivity index (χ3v) is 4.97. The SMILES string of the molecule is CCC.O[CH2][Fe]([C]1=CC=CC1)[C]1=CC=CC1. The molecule has 0 aromatic rings. The van der Waals surface area contributed by atoms with Crippen molar-refractivity contribution in [1.29, 1.82) is 0 Å². The van der Waals surface area contributed by atoms with E-state index in [2.05, 4.69) is 50.3 Å². The quantitative estimate of drug-likeness (QED) is 0.769. The van der Waals surface area contributed by atoms with Crippen LogP contribution >= 0.6 is 0 Å². The summed E-state index contributed by atoms with van der Waals surface area (Å²) in [5.74, 6) is 0. The second kappa shape index (κ2) is 7.67. The zero-order valence-electron chi connectivity index (χ0n) is 10.1. The average molecular weight is 261 g/mol. The van der Waals surface area contributed by atoms with Gasteiger partial charge in [-0.25, -0.2) is 0 Å². The van der Waals surface area contributed by atoms with Gasteiger partial charge in [-0.1, -0.05) is 20.3 Å². The van der Waals surface area contributed by atoms with E-state index in [1.165, 1.54) is 15.4 Å². The van der Waals surface area contributed by atoms with Crippen molar-refractivity contribution in [1.82, 2.24) is 0 Å². The Kier molecular flexibility index (Phi) is 6.47. The van der Waals surface area contributed by atoms with Gasteiger partial charge in [-0.05, 0) is 0 Å². The van der Waals surface area contributed by atoms with Crippen LogP contribution in [0.2, 0.25) is 0 Å². The first-order valence-electron chi connectivity index (χ1n) is 5.77. The van der Waals surface area contributed by atoms with E-state index in [0.717, 1.165) is 12.8 Å². The van der Waals surface area contributed by atoms with Crippen LogP contribution in [0.1, 0.15) is 33.1 Å². The van der Waals surface area contributed by atoms with Crippen LogP contribution in [0.25, 0.3) is 0 Å². The summed E-state index contributed by atoms with van der Waals surface area (Å²) in [6.07, 6.45) is 16.2. The molecule has 0 saturated heterocycles. The standard InChI is InChI=1S/2C5H5.C3H8.CH3O.Fe/c2*1-2-4-5-3-1;1-3-2;1-2;/h2*1-3H,4H2;3H2,1-2H3;2H,1H2;. The molecule has 0 aromatic heterocycles. The molecule has 0 atom stereocenters. The minimum absolute atomic E-state index is 0.320. The van der Waals surface area contributed by atoms with Crippen molar-refractivity contribution in [3.63, 3.8) is 0 Å². The Morgan fingerprint density at radius 1 is 1.06 bits per heavy atom. The predicted molar refractivity (Wildman–Crippen MR) is 66.7 cm³/mol. The van der Waals surface area contributed by atoms with Crippen LogP contribution in [0.3, 0.4) is 0 Å². The molecule has 0 spiro atoms. The molecule has 16 heavy (non-hydrogen) atoms. The molecule has 0 radical (unpaired) electrons. The number of allylic oxidation sites excluding steroid dienone is 8. The molecule has 0 fully saturated rings. The van der Waals surface area contributed by atoms with E-state index in [1.807, 2.05) is 0 Å². The van der Waals surface area contributed by atoms with Crippen LogP contribution in [0, 0.1) is 0 Å². The van der Waals surface area contributed by atoms with E-state index in [9.17, 15) is 5.11 Å². The van der Waals surface area contributed by atoms with Crippen molar-refractivity contribution in [2.75, 3.05) is 5.51 Å². The number of rotatable bonds is 3. The van der Waals surface area contributed by atoms with Gasteiger partial charge in [0.1, 0.15) is 0 Å². The molecule has 0 saturated carbocycles. The Morgan fingerprint density at radius 3 is 1.75 bits per heavy atom. The molecular formula is C14H21FeO. The van der Waals surface area contributed by atoms with Crippen molar-refractivity contribution in [2.24, 2.45) is 0 Å². The molecule has 0 aliphatic heterocycles. The van der Waals surface area contributed by atoms with Crippen LogP contribution in [0.15, 0.2) is 45.4 Å². The summed E-state index contributed by atoms with van der Waals surface area (Å²) < 4.78 is 2.86. The fourth-order valence-corrected chi connectivity index (χ4v) is 3.80. The van der Waals surface area contributed by atoms with Gasteiger partial charge in [-0.3, -0.25) is 0 Å². The Balaban J connectivity index is 0.000000386. The Morgan fingerprint density at radius 2 is 1.50 bits per heavy atom.